The first kappa shape index (κ1) is 15.8. The number of thiophene rings is 1. The van der Waals surface area contributed by atoms with E-state index in [0.717, 1.165) is 22.6 Å². The van der Waals surface area contributed by atoms with Gasteiger partial charge in [0, 0.05) is 4.88 Å². The van der Waals surface area contributed by atoms with Crippen LogP contribution in [0.3, 0.4) is 0 Å². The molecule has 108 valence electrons. The molecule has 0 saturated carbocycles. The second-order valence-corrected chi connectivity index (χ2v) is 6.81. The van der Waals surface area contributed by atoms with Crippen LogP contribution in [-0.4, -0.2) is 0 Å². The maximum atomic E-state index is 13.2. The molecule has 1 atom stereocenters. The average molecular weight is 388 g/mol. The fourth-order valence-electron chi connectivity index (χ4n) is 1.69. The molecule has 0 bridgehead atoms. The molecule has 1 heterocycles. The Morgan fingerprint density at radius 1 is 1.25 bits per heavy atom. The van der Waals surface area contributed by atoms with Gasteiger partial charge in [0.25, 0.3) is 0 Å². The summed E-state index contributed by atoms with van der Waals surface area (Å²) >= 11 is 10.6. The van der Waals surface area contributed by atoms with Crippen LogP contribution in [0, 0.1) is 12.7 Å². The molecule has 0 amide bonds. The van der Waals surface area contributed by atoms with Crippen molar-refractivity contribution < 1.29 is 17.6 Å². The predicted molar refractivity (Wildman–Crippen MR) is 76.2 cm³/mol. The van der Waals surface area contributed by atoms with Crippen LogP contribution >= 0.6 is 38.9 Å². The lowest BCUT2D eigenvalue weighted by atomic mass is 10.1. The molecule has 0 nitrogen and oxygen atoms in total. The first-order valence-corrected chi connectivity index (χ1v) is 7.57. The number of aryl methyl sites for hydroxylation is 1. The summed E-state index contributed by atoms with van der Waals surface area (Å²) in [6.07, 6.45) is -4.71. The van der Waals surface area contributed by atoms with Crippen LogP contribution in [0.2, 0.25) is 4.34 Å². The Morgan fingerprint density at radius 3 is 2.40 bits per heavy atom. The van der Waals surface area contributed by atoms with Crippen LogP contribution < -0.4 is 0 Å². The fraction of sp³-hybridized carbons (Fsp3) is 0.231. The summed E-state index contributed by atoms with van der Waals surface area (Å²) in [4.78, 5) is 0.313. The van der Waals surface area contributed by atoms with Crippen molar-refractivity contribution >= 4 is 38.9 Å². The maximum absolute atomic E-state index is 13.2. The first-order valence-electron chi connectivity index (χ1n) is 5.46. The van der Waals surface area contributed by atoms with Gasteiger partial charge < -0.3 is 0 Å². The van der Waals surface area contributed by atoms with E-state index in [1.165, 1.54) is 17.4 Å². The summed E-state index contributed by atoms with van der Waals surface area (Å²) in [5, 5.41) is 0. The van der Waals surface area contributed by atoms with Crippen molar-refractivity contribution in [3.63, 3.8) is 0 Å². The molecule has 0 fully saturated rings. The van der Waals surface area contributed by atoms with E-state index in [9.17, 15) is 17.6 Å². The third-order valence-electron chi connectivity index (χ3n) is 2.71. The lowest BCUT2D eigenvalue weighted by Crippen LogP contribution is -2.09. The molecule has 2 rings (SSSR count). The molecule has 7 heteroatoms. The molecular formula is C13H8BrClF4S. The Labute approximate surface area is 130 Å². The molecule has 0 radical (unpaired) electrons. The minimum atomic E-state index is -4.71. The van der Waals surface area contributed by atoms with Gasteiger partial charge in [-0.25, -0.2) is 4.39 Å². The SMILES string of the molecule is Cc1cc(C(Br)c2ccc(F)c(C(F)(F)F)c2)sc1Cl. The van der Waals surface area contributed by atoms with Crippen LogP contribution in [0.5, 0.6) is 0 Å². The van der Waals surface area contributed by atoms with Gasteiger partial charge in [-0.15, -0.1) is 11.3 Å². The number of rotatable bonds is 2. The van der Waals surface area contributed by atoms with Crippen LogP contribution in [0.15, 0.2) is 24.3 Å². The van der Waals surface area contributed by atoms with Crippen LogP contribution in [0.25, 0.3) is 0 Å². The summed E-state index contributed by atoms with van der Waals surface area (Å²) in [6, 6.07) is 4.77. The highest BCUT2D eigenvalue weighted by molar-refractivity contribution is 9.09. The van der Waals surface area contributed by atoms with Crippen molar-refractivity contribution in [3.8, 4) is 0 Å². The molecule has 0 N–H and O–H groups in total. The van der Waals surface area contributed by atoms with Crippen molar-refractivity contribution in [2.24, 2.45) is 0 Å². The van der Waals surface area contributed by atoms with E-state index in [-0.39, 0.29) is 0 Å². The van der Waals surface area contributed by atoms with Gasteiger partial charge in [-0.05, 0) is 36.2 Å². The van der Waals surface area contributed by atoms with Gasteiger partial charge in [-0.3, -0.25) is 0 Å². The summed E-state index contributed by atoms with van der Waals surface area (Å²) in [6.45, 7) is 1.81. The van der Waals surface area contributed by atoms with E-state index in [1.54, 1.807) is 6.07 Å². The van der Waals surface area contributed by atoms with Crippen molar-refractivity contribution in [1.29, 1.82) is 0 Å². The Balaban J connectivity index is 2.43. The normalized spacial score (nSPS) is 13.6. The highest BCUT2D eigenvalue weighted by Gasteiger charge is 2.34. The second-order valence-electron chi connectivity index (χ2n) is 4.21. The number of hydrogen-bond donors (Lipinski definition) is 0. The summed E-state index contributed by atoms with van der Waals surface area (Å²) in [5.41, 5.74) is -0.0789. The first-order chi connectivity index (χ1) is 9.20. The van der Waals surface area contributed by atoms with Crippen LogP contribution in [0.4, 0.5) is 17.6 Å². The van der Waals surface area contributed by atoms with Gasteiger partial charge in [0.05, 0.1) is 14.7 Å². The van der Waals surface area contributed by atoms with Gasteiger partial charge in [0.2, 0.25) is 0 Å². The minimum absolute atomic E-state index is 0.330. The van der Waals surface area contributed by atoms with E-state index in [2.05, 4.69) is 15.9 Å². The van der Waals surface area contributed by atoms with Crippen molar-refractivity contribution in [1.82, 2.24) is 0 Å². The Kier molecular flexibility index (Phi) is 4.47. The van der Waals surface area contributed by atoms with Gasteiger partial charge in [-0.2, -0.15) is 13.2 Å². The summed E-state index contributed by atoms with van der Waals surface area (Å²) in [5.74, 6) is -1.28. The van der Waals surface area contributed by atoms with E-state index in [4.69, 9.17) is 11.6 Å². The monoisotopic (exact) mass is 386 g/mol. The van der Waals surface area contributed by atoms with Crippen LogP contribution in [-0.2, 0) is 6.18 Å². The lowest BCUT2D eigenvalue weighted by molar-refractivity contribution is -0.140. The predicted octanol–water partition coefficient (Wildman–Crippen LogP) is 6.35. The zero-order valence-corrected chi connectivity index (χ0v) is 13.2. The molecule has 0 aliphatic rings. The quantitative estimate of drug-likeness (QED) is 0.416. The van der Waals surface area contributed by atoms with Gasteiger partial charge >= 0.3 is 6.18 Å². The number of hydrogen-bond acceptors (Lipinski definition) is 1. The maximum Gasteiger partial charge on any atom is 0.419 e. The molecule has 0 aliphatic carbocycles. The smallest absolute Gasteiger partial charge is 0.206 e. The van der Waals surface area contributed by atoms with Gasteiger partial charge in [0.1, 0.15) is 5.82 Å². The standard InChI is InChI=1S/C13H8BrClF4S/c1-6-4-10(20-12(6)15)11(14)7-2-3-9(16)8(5-7)13(17,18)19/h2-5,11H,1H3. The minimum Gasteiger partial charge on any atom is -0.206 e. The fourth-order valence-corrected chi connectivity index (χ4v) is 3.61. The third-order valence-corrected chi connectivity index (χ3v) is 5.66. The Morgan fingerprint density at radius 2 is 1.90 bits per heavy atom. The van der Waals surface area contributed by atoms with Crippen molar-refractivity contribution in [2.75, 3.05) is 0 Å². The Hall–Kier alpha value is -0.590. The zero-order chi connectivity index (χ0) is 15.1. The van der Waals surface area contributed by atoms with E-state index >= 15 is 0 Å². The molecule has 0 saturated heterocycles. The molecule has 0 spiro atoms. The third kappa shape index (κ3) is 3.18. The molecule has 1 aromatic heterocycles. The topological polar surface area (TPSA) is 0 Å². The number of benzene rings is 1. The van der Waals surface area contributed by atoms with Gasteiger partial charge in [-0.1, -0.05) is 33.6 Å². The highest BCUT2D eigenvalue weighted by Crippen LogP contribution is 2.41. The average Bonchev–Trinajstić information content (AvgIpc) is 2.68. The zero-order valence-electron chi connectivity index (χ0n) is 10.1. The lowest BCUT2D eigenvalue weighted by Gasteiger charge is -2.13. The van der Waals surface area contributed by atoms with Gasteiger partial charge in [0.15, 0.2) is 0 Å². The molecule has 1 unspecified atom stereocenters. The highest BCUT2D eigenvalue weighted by atomic mass is 79.9. The number of alkyl halides is 4. The summed E-state index contributed by atoms with van der Waals surface area (Å²) in [7, 11) is 0. The molecule has 2 aromatic rings. The van der Waals surface area contributed by atoms with E-state index in [0.29, 0.717) is 9.90 Å². The number of halogens is 6. The molecular weight excluding hydrogens is 380 g/mol. The Bertz CT molecular complexity index is 616. The van der Waals surface area contributed by atoms with Crippen molar-refractivity contribution in [3.05, 3.63) is 56.0 Å². The van der Waals surface area contributed by atoms with Crippen molar-refractivity contribution in [2.45, 2.75) is 17.9 Å². The van der Waals surface area contributed by atoms with Crippen LogP contribution in [0.1, 0.15) is 26.4 Å². The molecule has 20 heavy (non-hydrogen) atoms. The largest absolute Gasteiger partial charge is 0.419 e. The summed E-state index contributed by atoms with van der Waals surface area (Å²) < 4.78 is 51.9. The van der Waals surface area contributed by atoms with E-state index < -0.39 is 22.4 Å². The van der Waals surface area contributed by atoms with E-state index in [1.807, 2.05) is 6.92 Å². The molecule has 1 aromatic carbocycles. The molecule has 0 aliphatic heterocycles. The second kappa shape index (κ2) is 5.66.